The summed E-state index contributed by atoms with van der Waals surface area (Å²) in [5.41, 5.74) is 0. The fourth-order valence-electron chi connectivity index (χ4n) is 4.39. The van der Waals surface area contributed by atoms with Crippen molar-refractivity contribution in [1.82, 2.24) is 0 Å². The van der Waals surface area contributed by atoms with E-state index >= 15 is 0 Å². The largest absolute Gasteiger partial charge is 0.394 e. The first-order valence-electron chi connectivity index (χ1n) is 16.5. The summed E-state index contributed by atoms with van der Waals surface area (Å²) in [5.74, 6) is 0. The van der Waals surface area contributed by atoms with E-state index in [2.05, 4.69) is 0 Å². The van der Waals surface area contributed by atoms with Gasteiger partial charge in [0.25, 0.3) is 0 Å². The number of unbranched alkanes of at least 4 members (excludes halogenated alkanes) is 1. The quantitative estimate of drug-likeness (QED) is 0.0284. The second-order valence-corrected chi connectivity index (χ2v) is 10.1. The molecule has 0 fully saturated rings. The summed E-state index contributed by atoms with van der Waals surface area (Å²) in [7, 11) is 0. The molecule has 0 aliphatic carbocycles. The van der Waals surface area contributed by atoms with Gasteiger partial charge in [0.15, 0.2) is 0 Å². The van der Waals surface area contributed by atoms with Crippen molar-refractivity contribution in [1.29, 1.82) is 0 Å². The first-order chi connectivity index (χ1) is 23.6. The molecule has 48 heavy (non-hydrogen) atoms. The van der Waals surface area contributed by atoms with Crippen LogP contribution in [-0.4, -0.2) is 223 Å². The van der Waals surface area contributed by atoms with Crippen molar-refractivity contribution >= 4 is 0 Å². The Morgan fingerprint density at radius 1 is 0.271 bits per heavy atom. The van der Waals surface area contributed by atoms with Crippen LogP contribution in [0.3, 0.4) is 0 Å². The van der Waals surface area contributed by atoms with Gasteiger partial charge in [-0.1, -0.05) is 0 Å². The molecule has 0 saturated heterocycles. The molecular formula is C30H62O18. The Labute approximate surface area is 283 Å². The Bertz CT molecular complexity index is 587. The molecule has 6 unspecified atom stereocenters. The second kappa shape index (κ2) is 36.1. The molecular weight excluding hydrogens is 648 g/mol. The summed E-state index contributed by atoms with van der Waals surface area (Å²) in [6.45, 7) is -1.04. The molecule has 0 rings (SSSR count). The number of hydrogen-bond acceptors (Lipinski definition) is 18. The highest BCUT2D eigenvalue weighted by molar-refractivity contribution is 4.82. The first kappa shape index (κ1) is 47.3. The molecule has 0 bridgehead atoms. The minimum atomic E-state index is -0.784. The van der Waals surface area contributed by atoms with E-state index in [-0.39, 0.29) is 132 Å². The molecule has 6 atom stereocenters. The third kappa shape index (κ3) is 24.4. The van der Waals surface area contributed by atoms with E-state index in [1.54, 1.807) is 0 Å². The standard InChI is InChI=1S/C30H62O18/c31-3-13-41-23-27(45-17-7-35)29(47-19-9-37)25(43-15-5-33)21-39-11-1-2-12-40-22-26(44-16-6-34)30(48-20-10-38)28(46-18-8-36)24-42-14-4-32/h25-38H,1-24H2. The number of ether oxygens (including phenoxy) is 10. The molecule has 0 radical (unpaired) electrons. The molecule has 18 nitrogen and oxygen atoms in total. The van der Waals surface area contributed by atoms with E-state index in [1.165, 1.54) is 0 Å². The summed E-state index contributed by atoms with van der Waals surface area (Å²) in [6, 6.07) is 0. The first-order valence-corrected chi connectivity index (χ1v) is 16.5. The van der Waals surface area contributed by atoms with Gasteiger partial charge in [-0.2, -0.15) is 0 Å². The van der Waals surface area contributed by atoms with E-state index < -0.39 is 36.6 Å². The maximum Gasteiger partial charge on any atom is 0.114 e. The summed E-state index contributed by atoms with van der Waals surface area (Å²) in [5, 5.41) is 74.1. The van der Waals surface area contributed by atoms with E-state index in [1.807, 2.05) is 0 Å². The molecule has 0 saturated carbocycles. The van der Waals surface area contributed by atoms with Crippen LogP contribution in [0.25, 0.3) is 0 Å². The van der Waals surface area contributed by atoms with Crippen LogP contribution in [0, 0.1) is 0 Å². The van der Waals surface area contributed by atoms with Crippen LogP contribution in [0.5, 0.6) is 0 Å². The molecule has 0 spiro atoms. The molecule has 0 heterocycles. The maximum absolute atomic E-state index is 9.35. The zero-order valence-corrected chi connectivity index (χ0v) is 28.1. The highest BCUT2D eigenvalue weighted by atomic mass is 16.6. The predicted octanol–water partition coefficient (Wildman–Crippen LogP) is -3.92. The third-order valence-electron chi connectivity index (χ3n) is 6.39. The number of aliphatic hydroxyl groups excluding tert-OH is 8. The molecule has 0 aromatic carbocycles. The molecule has 0 aromatic heterocycles. The van der Waals surface area contributed by atoms with Gasteiger partial charge in [0.1, 0.15) is 36.6 Å². The highest BCUT2D eigenvalue weighted by Gasteiger charge is 2.34. The fourth-order valence-corrected chi connectivity index (χ4v) is 4.39. The van der Waals surface area contributed by atoms with Gasteiger partial charge in [-0.25, -0.2) is 0 Å². The molecule has 0 aliphatic rings. The average Bonchev–Trinajstić information content (AvgIpc) is 3.10. The summed E-state index contributed by atoms with van der Waals surface area (Å²) in [6.07, 6.45) is -3.25. The lowest BCUT2D eigenvalue weighted by atomic mass is 10.1. The normalized spacial score (nSPS) is 15.8. The van der Waals surface area contributed by atoms with Crippen LogP contribution in [-0.2, 0) is 47.4 Å². The van der Waals surface area contributed by atoms with Gasteiger partial charge >= 0.3 is 0 Å². The second-order valence-electron chi connectivity index (χ2n) is 10.1. The van der Waals surface area contributed by atoms with Gasteiger partial charge in [-0.05, 0) is 12.8 Å². The topological polar surface area (TPSA) is 254 Å². The minimum Gasteiger partial charge on any atom is -0.394 e. The Kier molecular flexibility index (Phi) is 35.5. The van der Waals surface area contributed by atoms with E-state index in [0.717, 1.165) is 0 Å². The van der Waals surface area contributed by atoms with Crippen LogP contribution >= 0.6 is 0 Å². The maximum atomic E-state index is 9.35. The van der Waals surface area contributed by atoms with Gasteiger partial charge in [0, 0.05) is 13.2 Å². The Hall–Kier alpha value is -0.720. The molecule has 0 amide bonds. The van der Waals surface area contributed by atoms with Crippen molar-refractivity contribution in [3.05, 3.63) is 0 Å². The monoisotopic (exact) mass is 710 g/mol. The lowest BCUT2D eigenvalue weighted by Crippen LogP contribution is -2.48. The van der Waals surface area contributed by atoms with Crippen molar-refractivity contribution in [2.45, 2.75) is 49.5 Å². The van der Waals surface area contributed by atoms with Gasteiger partial charge in [0.2, 0.25) is 0 Å². The highest BCUT2D eigenvalue weighted by Crippen LogP contribution is 2.17. The minimum absolute atomic E-state index is 0.00620. The molecule has 0 aromatic rings. The smallest absolute Gasteiger partial charge is 0.114 e. The zero-order valence-electron chi connectivity index (χ0n) is 28.1. The Morgan fingerprint density at radius 3 is 0.750 bits per heavy atom. The SMILES string of the molecule is OCCOCC(OCCO)C(OCCO)C(COCCCCOCC(OCCO)C(OCCO)C(COCCO)OCCO)OCCO. The zero-order chi connectivity index (χ0) is 35.5. The van der Waals surface area contributed by atoms with Gasteiger partial charge in [0.05, 0.1) is 132 Å². The predicted molar refractivity (Wildman–Crippen MR) is 168 cm³/mol. The van der Waals surface area contributed by atoms with Crippen molar-refractivity contribution in [2.75, 3.05) is 145 Å². The van der Waals surface area contributed by atoms with Gasteiger partial charge < -0.3 is 88.2 Å². The van der Waals surface area contributed by atoms with Crippen molar-refractivity contribution < 1.29 is 88.2 Å². The van der Waals surface area contributed by atoms with Crippen molar-refractivity contribution in [3.8, 4) is 0 Å². The Morgan fingerprint density at radius 2 is 0.500 bits per heavy atom. The lowest BCUT2D eigenvalue weighted by molar-refractivity contribution is -0.177. The summed E-state index contributed by atoms with van der Waals surface area (Å²) >= 11 is 0. The van der Waals surface area contributed by atoms with Crippen molar-refractivity contribution in [2.24, 2.45) is 0 Å². The van der Waals surface area contributed by atoms with Crippen LogP contribution < -0.4 is 0 Å². The molecule has 8 N–H and O–H groups in total. The van der Waals surface area contributed by atoms with Crippen LogP contribution in [0.15, 0.2) is 0 Å². The van der Waals surface area contributed by atoms with Crippen molar-refractivity contribution in [3.63, 3.8) is 0 Å². The Balaban J connectivity index is 5.17. The van der Waals surface area contributed by atoms with E-state index in [4.69, 9.17) is 57.6 Å². The van der Waals surface area contributed by atoms with Gasteiger partial charge in [-0.15, -0.1) is 0 Å². The lowest BCUT2D eigenvalue weighted by Gasteiger charge is -2.33. The third-order valence-corrected chi connectivity index (χ3v) is 6.39. The fraction of sp³-hybridized carbons (Fsp3) is 1.00. The average molecular weight is 711 g/mol. The van der Waals surface area contributed by atoms with Crippen LogP contribution in [0.1, 0.15) is 12.8 Å². The van der Waals surface area contributed by atoms with Gasteiger partial charge in [-0.3, -0.25) is 0 Å². The van der Waals surface area contributed by atoms with E-state index in [9.17, 15) is 30.6 Å². The summed E-state index contributed by atoms with van der Waals surface area (Å²) in [4.78, 5) is 0. The molecule has 290 valence electrons. The van der Waals surface area contributed by atoms with Crippen LogP contribution in [0.2, 0.25) is 0 Å². The van der Waals surface area contributed by atoms with E-state index in [0.29, 0.717) is 26.1 Å². The molecule has 18 heteroatoms. The molecule has 0 aliphatic heterocycles. The number of rotatable bonds is 39. The number of aliphatic hydroxyl groups is 8. The number of hydrogen-bond donors (Lipinski definition) is 8. The van der Waals surface area contributed by atoms with Crippen LogP contribution in [0.4, 0.5) is 0 Å². The summed E-state index contributed by atoms with van der Waals surface area (Å²) < 4.78 is 57.2.